The van der Waals surface area contributed by atoms with Gasteiger partial charge in [0.15, 0.2) is 0 Å². The molecule has 3 heteroatoms. The number of benzene rings is 1. The quantitative estimate of drug-likeness (QED) is 0.695. The highest BCUT2D eigenvalue weighted by Crippen LogP contribution is 2.23. The molecule has 1 rings (SSSR count). The Kier molecular flexibility index (Phi) is 2.91. The van der Waals surface area contributed by atoms with Crippen LogP contribution >= 0.6 is 27.5 Å². The van der Waals surface area contributed by atoms with Crippen LogP contribution in [0.1, 0.15) is 21.5 Å². The van der Waals surface area contributed by atoms with Crippen molar-refractivity contribution in [3.05, 3.63) is 33.3 Å². The Labute approximate surface area is 84.9 Å². The van der Waals surface area contributed by atoms with Crippen molar-refractivity contribution < 1.29 is 4.79 Å². The van der Waals surface area contributed by atoms with E-state index in [0.717, 1.165) is 15.6 Å². The van der Waals surface area contributed by atoms with E-state index >= 15 is 0 Å². The van der Waals surface area contributed by atoms with Crippen molar-refractivity contribution in [2.24, 2.45) is 0 Å². The monoisotopic (exact) mass is 246 g/mol. The van der Waals surface area contributed by atoms with Gasteiger partial charge in [0.2, 0.25) is 0 Å². The largest absolute Gasteiger partial charge is 0.276 e. The second-order valence-corrected chi connectivity index (χ2v) is 3.84. The predicted molar refractivity (Wildman–Crippen MR) is 53.8 cm³/mol. The lowest BCUT2D eigenvalue weighted by atomic mass is 10.0. The second kappa shape index (κ2) is 3.58. The number of carbonyl (C=O) groups excluding carboxylic acids is 1. The third kappa shape index (κ3) is 1.70. The Morgan fingerprint density at radius 3 is 2.42 bits per heavy atom. The molecular weight excluding hydrogens is 239 g/mol. The number of hydrogen-bond acceptors (Lipinski definition) is 1. The first-order valence-electron chi connectivity index (χ1n) is 3.49. The molecule has 0 saturated heterocycles. The summed E-state index contributed by atoms with van der Waals surface area (Å²) >= 11 is 8.76. The minimum atomic E-state index is -0.397. The number of halogens is 2. The molecule has 0 aliphatic rings. The summed E-state index contributed by atoms with van der Waals surface area (Å²) in [6, 6.07) is 3.78. The van der Waals surface area contributed by atoms with E-state index in [0.29, 0.717) is 5.56 Å². The molecule has 0 unspecified atom stereocenters. The first-order chi connectivity index (χ1) is 5.54. The zero-order valence-corrected chi connectivity index (χ0v) is 9.16. The van der Waals surface area contributed by atoms with Crippen LogP contribution in [0.2, 0.25) is 0 Å². The zero-order valence-electron chi connectivity index (χ0n) is 6.82. The average Bonchev–Trinajstić information content (AvgIpc) is 1.97. The van der Waals surface area contributed by atoms with Gasteiger partial charge in [-0.1, -0.05) is 22.0 Å². The summed E-state index contributed by atoms with van der Waals surface area (Å²) in [5.41, 5.74) is 2.41. The molecule has 0 aliphatic carbocycles. The van der Waals surface area contributed by atoms with E-state index in [1.54, 1.807) is 0 Å². The normalized spacial score (nSPS) is 10.0. The minimum Gasteiger partial charge on any atom is -0.276 e. The molecule has 1 aromatic carbocycles. The number of rotatable bonds is 1. The van der Waals surface area contributed by atoms with E-state index in [9.17, 15) is 4.79 Å². The van der Waals surface area contributed by atoms with E-state index in [4.69, 9.17) is 11.6 Å². The third-order valence-electron chi connectivity index (χ3n) is 1.80. The summed E-state index contributed by atoms with van der Waals surface area (Å²) in [4.78, 5) is 11.0. The van der Waals surface area contributed by atoms with Crippen molar-refractivity contribution in [1.29, 1.82) is 0 Å². The molecule has 0 radical (unpaired) electrons. The molecule has 0 N–H and O–H groups in total. The van der Waals surface area contributed by atoms with Crippen molar-refractivity contribution in [1.82, 2.24) is 0 Å². The van der Waals surface area contributed by atoms with Crippen LogP contribution in [0.4, 0.5) is 0 Å². The van der Waals surface area contributed by atoms with Crippen LogP contribution in [0.15, 0.2) is 16.6 Å². The van der Waals surface area contributed by atoms with Gasteiger partial charge in [0, 0.05) is 10.0 Å². The highest BCUT2D eigenvalue weighted by molar-refractivity contribution is 9.10. The number of hydrogen-bond donors (Lipinski definition) is 0. The van der Waals surface area contributed by atoms with Crippen LogP contribution in [-0.4, -0.2) is 5.24 Å². The molecule has 0 aromatic heterocycles. The lowest BCUT2D eigenvalue weighted by Crippen LogP contribution is -1.97. The molecule has 0 aliphatic heterocycles. The van der Waals surface area contributed by atoms with E-state index in [-0.39, 0.29) is 0 Å². The van der Waals surface area contributed by atoms with Gasteiger partial charge in [-0.2, -0.15) is 0 Å². The molecule has 0 saturated carbocycles. The number of aryl methyl sites for hydroxylation is 1. The fraction of sp³-hybridized carbons (Fsp3) is 0.222. The summed E-state index contributed by atoms with van der Waals surface area (Å²) in [6.07, 6.45) is 0. The molecular formula is C9H8BrClO. The molecule has 0 spiro atoms. The van der Waals surface area contributed by atoms with Gasteiger partial charge in [-0.3, -0.25) is 4.79 Å². The van der Waals surface area contributed by atoms with Gasteiger partial charge < -0.3 is 0 Å². The van der Waals surface area contributed by atoms with Crippen LogP contribution in [0.3, 0.4) is 0 Å². The summed E-state index contributed by atoms with van der Waals surface area (Å²) < 4.78 is 0.914. The first kappa shape index (κ1) is 9.75. The Morgan fingerprint density at radius 2 is 2.00 bits per heavy atom. The lowest BCUT2D eigenvalue weighted by molar-refractivity contribution is 0.108. The van der Waals surface area contributed by atoms with Crippen LogP contribution < -0.4 is 0 Å². The zero-order chi connectivity index (χ0) is 9.30. The highest BCUT2D eigenvalue weighted by Gasteiger charge is 2.10. The average molecular weight is 248 g/mol. The fourth-order valence-electron chi connectivity index (χ4n) is 1.12. The van der Waals surface area contributed by atoms with Crippen LogP contribution in [0.5, 0.6) is 0 Å². The summed E-state index contributed by atoms with van der Waals surface area (Å²) in [7, 11) is 0. The van der Waals surface area contributed by atoms with Gasteiger partial charge in [0.1, 0.15) is 0 Å². The molecule has 64 valence electrons. The van der Waals surface area contributed by atoms with Crippen molar-refractivity contribution >= 4 is 32.8 Å². The van der Waals surface area contributed by atoms with Gasteiger partial charge >= 0.3 is 0 Å². The van der Waals surface area contributed by atoms with Gasteiger partial charge in [0.25, 0.3) is 5.24 Å². The van der Waals surface area contributed by atoms with Gasteiger partial charge in [0.05, 0.1) is 0 Å². The van der Waals surface area contributed by atoms with Crippen molar-refractivity contribution in [3.8, 4) is 0 Å². The number of carbonyl (C=O) groups is 1. The molecule has 0 fully saturated rings. The Balaban J connectivity index is 3.43. The third-order valence-corrected chi connectivity index (χ3v) is 2.85. The molecule has 0 amide bonds. The van der Waals surface area contributed by atoms with Crippen molar-refractivity contribution in [2.75, 3.05) is 0 Å². The van der Waals surface area contributed by atoms with Crippen LogP contribution in [0.25, 0.3) is 0 Å². The second-order valence-electron chi connectivity index (χ2n) is 2.64. The highest BCUT2D eigenvalue weighted by atomic mass is 79.9. The molecule has 1 aromatic rings. The SMILES string of the molecule is Cc1ccc(Br)c(C)c1C(=O)Cl. The molecule has 1 nitrogen and oxygen atoms in total. The topological polar surface area (TPSA) is 17.1 Å². The molecule has 0 atom stereocenters. The lowest BCUT2D eigenvalue weighted by Gasteiger charge is -2.06. The summed E-state index contributed by atoms with van der Waals surface area (Å²) in [6.45, 7) is 3.74. The molecule has 12 heavy (non-hydrogen) atoms. The summed E-state index contributed by atoms with van der Waals surface area (Å²) in [5, 5.41) is -0.397. The maximum absolute atomic E-state index is 11.0. The minimum absolute atomic E-state index is 0.397. The van der Waals surface area contributed by atoms with Crippen molar-refractivity contribution in [2.45, 2.75) is 13.8 Å². The smallest absolute Gasteiger partial charge is 0.252 e. The summed E-state index contributed by atoms with van der Waals surface area (Å²) in [5.74, 6) is 0. The van der Waals surface area contributed by atoms with E-state index < -0.39 is 5.24 Å². The maximum Gasteiger partial charge on any atom is 0.252 e. The van der Waals surface area contributed by atoms with Gasteiger partial charge in [-0.05, 0) is 42.6 Å². The predicted octanol–water partition coefficient (Wildman–Crippen LogP) is 3.44. The maximum atomic E-state index is 11.0. The Morgan fingerprint density at radius 1 is 1.42 bits per heavy atom. The Hall–Kier alpha value is -0.340. The van der Waals surface area contributed by atoms with E-state index in [1.165, 1.54) is 0 Å². The van der Waals surface area contributed by atoms with Crippen LogP contribution in [0, 0.1) is 13.8 Å². The fourth-order valence-corrected chi connectivity index (χ4v) is 1.75. The Bertz CT molecular complexity index is 334. The van der Waals surface area contributed by atoms with Gasteiger partial charge in [-0.25, -0.2) is 0 Å². The standard InChI is InChI=1S/C9H8BrClO/c1-5-3-4-7(10)6(2)8(5)9(11)12/h3-4H,1-2H3. The van der Waals surface area contributed by atoms with Gasteiger partial charge in [-0.15, -0.1) is 0 Å². The molecule has 0 bridgehead atoms. The van der Waals surface area contributed by atoms with E-state index in [2.05, 4.69) is 15.9 Å². The van der Waals surface area contributed by atoms with Crippen molar-refractivity contribution in [3.63, 3.8) is 0 Å². The van der Waals surface area contributed by atoms with Crippen LogP contribution in [-0.2, 0) is 0 Å². The first-order valence-corrected chi connectivity index (χ1v) is 4.66. The molecule has 0 heterocycles. The van der Waals surface area contributed by atoms with E-state index in [1.807, 2.05) is 26.0 Å².